The van der Waals surface area contributed by atoms with Crippen LogP contribution in [0.1, 0.15) is 61.4 Å². The minimum atomic E-state index is -1.50. The number of fused-ring (bicyclic) bond motifs is 4. The van der Waals surface area contributed by atoms with Crippen LogP contribution in [0.3, 0.4) is 0 Å². The molecule has 4 amide bonds. The minimum absolute atomic E-state index is 0.0158. The summed E-state index contributed by atoms with van der Waals surface area (Å²) in [7, 11) is 0. The van der Waals surface area contributed by atoms with E-state index in [9.17, 15) is 19.2 Å². The highest BCUT2D eigenvalue weighted by Gasteiger charge is 2.55. The molecular formula is C34H38N4O4. The summed E-state index contributed by atoms with van der Waals surface area (Å²) < 4.78 is 1.88. The fourth-order valence-corrected chi connectivity index (χ4v) is 7.02. The lowest BCUT2D eigenvalue weighted by Crippen LogP contribution is -2.68. The molecule has 0 unspecified atom stereocenters. The van der Waals surface area contributed by atoms with E-state index in [1.807, 2.05) is 54.0 Å². The summed E-state index contributed by atoms with van der Waals surface area (Å²) in [5.41, 5.74) is 3.11. The number of barbiturate groups is 1. The summed E-state index contributed by atoms with van der Waals surface area (Å²) in [5.74, 6) is -0.329. The molecule has 6 rings (SSSR count). The number of aryl methyl sites for hydroxylation is 1. The van der Waals surface area contributed by atoms with Gasteiger partial charge in [-0.25, -0.2) is 9.69 Å². The van der Waals surface area contributed by atoms with Crippen LogP contribution < -0.4 is 15.8 Å². The average molecular weight is 567 g/mol. The third-order valence-corrected chi connectivity index (χ3v) is 9.27. The number of nitrogens with zero attached hydrogens (tertiary/aromatic N) is 3. The smallest absolute Gasteiger partial charge is 0.312 e. The van der Waals surface area contributed by atoms with Gasteiger partial charge in [0.25, 0.3) is 11.5 Å². The highest BCUT2D eigenvalue weighted by molar-refractivity contribution is 6.30. The first-order valence-corrected chi connectivity index (χ1v) is 15.0. The molecule has 1 N–H and O–H groups in total. The van der Waals surface area contributed by atoms with E-state index in [2.05, 4.69) is 24.1 Å². The number of urea groups is 1. The van der Waals surface area contributed by atoms with Gasteiger partial charge in [0.05, 0.1) is 5.69 Å². The van der Waals surface area contributed by atoms with Crippen molar-refractivity contribution < 1.29 is 14.4 Å². The van der Waals surface area contributed by atoms with Crippen molar-refractivity contribution in [2.24, 2.45) is 11.3 Å². The van der Waals surface area contributed by atoms with Crippen molar-refractivity contribution in [3.05, 3.63) is 99.5 Å². The number of pyridine rings is 1. The first-order valence-electron chi connectivity index (χ1n) is 15.0. The lowest BCUT2D eigenvalue weighted by atomic mass is 9.75. The standard InChI is InChI=1S/C34H38N4O4/c1-4-23-10-14-28(15-11-23)38-32(41)34(31(40)35-33(38)42,17-24-8-12-26(13-9-24)22(2)3)21-36-18-25-16-27(20-36)29-6-5-7-30(39)37(29)19-25/h5-15,22,25,27H,4,16-21H2,1-3H3,(H,35,40,42)/t25-,27+,34-/m1/s1. The molecule has 2 saturated heterocycles. The third-order valence-electron chi connectivity index (χ3n) is 9.27. The van der Waals surface area contributed by atoms with Crippen LogP contribution in [0.4, 0.5) is 10.5 Å². The van der Waals surface area contributed by atoms with Gasteiger partial charge < -0.3 is 9.47 Å². The summed E-state index contributed by atoms with van der Waals surface area (Å²) in [6, 6.07) is 20.1. The molecule has 2 fully saturated rings. The lowest BCUT2D eigenvalue weighted by molar-refractivity contribution is -0.144. The number of likely N-dealkylation sites (tertiary alicyclic amines) is 1. The summed E-state index contributed by atoms with van der Waals surface area (Å²) in [6.45, 7) is 8.41. The highest BCUT2D eigenvalue weighted by atomic mass is 16.2. The average Bonchev–Trinajstić information content (AvgIpc) is 2.97. The Kier molecular flexibility index (Phi) is 7.35. The van der Waals surface area contributed by atoms with E-state index in [0.29, 0.717) is 31.2 Å². The van der Waals surface area contributed by atoms with E-state index in [1.165, 1.54) is 5.56 Å². The summed E-state index contributed by atoms with van der Waals surface area (Å²) >= 11 is 0. The van der Waals surface area contributed by atoms with Crippen LogP contribution in [0.5, 0.6) is 0 Å². The zero-order chi connectivity index (χ0) is 29.6. The molecule has 218 valence electrons. The van der Waals surface area contributed by atoms with E-state index in [1.54, 1.807) is 24.3 Å². The number of anilines is 1. The molecule has 0 saturated carbocycles. The van der Waals surface area contributed by atoms with Crippen LogP contribution in [0.2, 0.25) is 0 Å². The molecule has 8 heteroatoms. The predicted octanol–water partition coefficient (Wildman–Crippen LogP) is 4.47. The number of piperidine rings is 1. The highest BCUT2D eigenvalue weighted by Crippen LogP contribution is 2.39. The number of carbonyl (C=O) groups excluding carboxylic acids is 3. The SMILES string of the molecule is CCc1ccc(N2C(=O)NC(=O)[C@@](Cc3ccc(C(C)C)cc3)(CN3C[C@H]4C[C@@H](C3)c3cccc(=O)n3C4)C2=O)cc1. The number of aromatic nitrogens is 1. The second-order valence-electron chi connectivity index (χ2n) is 12.5. The number of amides is 4. The molecule has 3 aliphatic heterocycles. The Morgan fingerprint density at radius 1 is 0.881 bits per heavy atom. The molecule has 3 aromatic rings. The molecule has 3 aliphatic rings. The van der Waals surface area contributed by atoms with Gasteiger partial charge in [0.15, 0.2) is 0 Å². The van der Waals surface area contributed by atoms with Crippen LogP contribution in [-0.2, 0) is 29.0 Å². The van der Waals surface area contributed by atoms with E-state index < -0.39 is 23.3 Å². The van der Waals surface area contributed by atoms with Crippen molar-refractivity contribution >= 4 is 23.5 Å². The van der Waals surface area contributed by atoms with Crippen molar-refractivity contribution in [1.29, 1.82) is 0 Å². The number of benzene rings is 2. The Labute approximate surface area is 246 Å². The normalized spacial score (nSPS) is 24.1. The van der Waals surface area contributed by atoms with E-state index in [0.717, 1.165) is 34.6 Å². The van der Waals surface area contributed by atoms with Crippen molar-refractivity contribution in [2.75, 3.05) is 24.5 Å². The van der Waals surface area contributed by atoms with Gasteiger partial charge in [-0.3, -0.25) is 19.7 Å². The van der Waals surface area contributed by atoms with Crippen molar-refractivity contribution in [2.45, 2.75) is 58.4 Å². The zero-order valence-electron chi connectivity index (χ0n) is 24.5. The van der Waals surface area contributed by atoms with Crippen LogP contribution >= 0.6 is 0 Å². The Balaban J connectivity index is 1.37. The van der Waals surface area contributed by atoms with Gasteiger partial charge in [-0.1, -0.05) is 63.2 Å². The van der Waals surface area contributed by atoms with E-state index >= 15 is 0 Å². The second kappa shape index (κ2) is 11.0. The van der Waals surface area contributed by atoms with Gasteiger partial charge in [-0.15, -0.1) is 0 Å². The Bertz CT molecular complexity index is 1580. The van der Waals surface area contributed by atoms with E-state index in [4.69, 9.17) is 0 Å². The molecule has 2 bridgehead atoms. The molecule has 4 heterocycles. The third kappa shape index (κ3) is 4.98. The first-order chi connectivity index (χ1) is 20.2. The summed E-state index contributed by atoms with van der Waals surface area (Å²) in [5, 5.41) is 2.55. The molecule has 0 aliphatic carbocycles. The molecule has 3 atom stereocenters. The quantitative estimate of drug-likeness (QED) is 0.427. The largest absolute Gasteiger partial charge is 0.335 e. The number of carbonyl (C=O) groups is 3. The predicted molar refractivity (Wildman–Crippen MR) is 162 cm³/mol. The number of rotatable bonds is 7. The first kappa shape index (κ1) is 28.1. The van der Waals surface area contributed by atoms with Crippen molar-refractivity contribution in [3.8, 4) is 0 Å². The molecule has 1 aromatic heterocycles. The number of nitrogens with one attached hydrogen (secondary N) is 1. The van der Waals surface area contributed by atoms with Crippen LogP contribution in [0, 0.1) is 11.3 Å². The van der Waals surface area contributed by atoms with Gasteiger partial charge in [0.1, 0.15) is 5.41 Å². The Morgan fingerprint density at radius 2 is 1.60 bits per heavy atom. The number of hydrogen-bond donors (Lipinski definition) is 1. The van der Waals surface area contributed by atoms with Crippen molar-refractivity contribution in [1.82, 2.24) is 14.8 Å². The minimum Gasteiger partial charge on any atom is -0.312 e. The molecule has 8 nitrogen and oxygen atoms in total. The molecule has 42 heavy (non-hydrogen) atoms. The fraction of sp³-hybridized carbons (Fsp3) is 0.412. The summed E-state index contributed by atoms with van der Waals surface area (Å²) in [6.07, 6.45) is 1.98. The number of hydrogen-bond acceptors (Lipinski definition) is 5. The van der Waals surface area contributed by atoms with Gasteiger partial charge in [0.2, 0.25) is 5.91 Å². The van der Waals surface area contributed by atoms with Crippen LogP contribution in [0.25, 0.3) is 0 Å². The summed E-state index contributed by atoms with van der Waals surface area (Å²) in [4.78, 5) is 57.5. The van der Waals surface area contributed by atoms with Crippen LogP contribution in [0.15, 0.2) is 71.5 Å². The Morgan fingerprint density at radius 3 is 2.29 bits per heavy atom. The molecule has 2 aromatic carbocycles. The van der Waals surface area contributed by atoms with E-state index in [-0.39, 0.29) is 30.4 Å². The maximum Gasteiger partial charge on any atom is 0.335 e. The Hall–Kier alpha value is -4.04. The fourth-order valence-electron chi connectivity index (χ4n) is 7.02. The van der Waals surface area contributed by atoms with Gasteiger partial charge in [-0.2, -0.15) is 0 Å². The second-order valence-corrected chi connectivity index (χ2v) is 12.5. The van der Waals surface area contributed by atoms with Crippen LogP contribution in [-0.4, -0.2) is 46.9 Å². The maximum absolute atomic E-state index is 14.5. The number of imide groups is 2. The monoisotopic (exact) mass is 566 g/mol. The van der Waals surface area contributed by atoms with Gasteiger partial charge in [0, 0.05) is 43.9 Å². The zero-order valence-corrected chi connectivity index (χ0v) is 24.5. The molecular weight excluding hydrogens is 528 g/mol. The van der Waals surface area contributed by atoms with Gasteiger partial charge in [-0.05, 0) is 66.0 Å². The lowest BCUT2D eigenvalue weighted by Gasteiger charge is -2.47. The molecule has 0 radical (unpaired) electrons. The van der Waals surface area contributed by atoms with Gasteiger partial charge >= 0.3 is 6.03 Å². The molecule has 0 spiro atoms. The topological polar surface area (TPSA) is 91.7 Å². The maximum atomic E-state index is 14.5. The van der Waals surface area contributed by atoms with Crippen molar-refractivity contribution in [3.63, 3.8) is 0 Å².